The first-order valence-corrected chi connectivity index (χ1v) is 9.76. The summed E-state index contributed by atoms with van der Waals surface area (Å²) in [5.74, 6) is 0.664. The summed E-state index contributed by atoms with van der Waals surface area (Å²) in [7, 11) is 0. The second kappa shape index (κ2) is 6.80. The number of likely N-dealkylation sites (tertiary alicyclic amines) is 1. The third-order valence-corrected chi connectivity index (χ3v) is 5.80. The number of hydrogen-bond acceptors (Lipinski definition) is 4. The molecule has 1 fully saturated rings. The molecule has 3 heterocycles. The van der Waals surface area contributed by atoms with E-state index in [0.717, 1.165) is 37.3 Å². The quantitative estimate of drug-likeness (QED) is 0.794. The Labute approximate surface area is 164 Å². The molecule has 6 heteroatoms. The molecule has 1 aromatic heterocycles. The summed E-state index contributed by atoms with van der Waals surface area (Å²) < 4.78 is 6.14. The standard InChI is InChI=1S/C21H24ClN3O2/c1-4-24-8-7-16(13-24)27-17-10-15(11-23-12-17)25-20(26)18-6-5-14(22)9-19(18)21(25,2)3/h5-6,9-12,16H,4,7-8,13H2,1-3H3/t16-/m0/s1. The minimum absolute atomic E-state index is 0.0383. The number of aromatic nitrogens is 1. The summed E-state index contributed by atoms with van der Waals surface area (Å²) >= 11 is 6.17. The van der Waals surface area contributed by atoms with Crippen molar-refractivity contribution in [3.05, 3.63) is 52.8 Å². The Bertz CT molecular complexity index is 883. The highest BCUT2D eigenvalue weighted by molar-refractivity contribution is 6.31. The van der Waals surface area contributed by atoms with Gasteiger partial charge in [0, 0.05) is 29.7 Å². The van der Waals surface area contributed by atoms with Crippen LogP contribution < -0.4 is 9.64 Å². The number of likely N-dealkylation sites (N-methyl/N-ethyl adjacent to an activating group) is 1. The second-order valence-corrected chi connectivity index (χ2v) is 8.13. The van der Waals surface area contributed by atoms with E-state index in [-0.39, 0.29) is 12.0 Å². The highest BCUT2D eigenvalue weighted by Gasteiger charge is 2.44. The molecule has 1 saturated heterocycles. The molecule has 0 aliphatic carbocycles. The van der Waals surface area contributed by atoms with Crippen LogP contribution in [0.3, 0.4) is 0 Å². The number of carbonyl (C=O) groups excluding carboxylic acids is 1. The van der Waals surface area contributed by atoms with E-state index in [0.29, 0.717) is 16.3 Å². The van der Waals surface area contributed by atoms with Crippen molar-refractivity contribution < 1.29 is 9.53 Å². The molecule has 0 spiro atoms. The van der Waals surface area contributed by atoms with E-state index in [9.17, 15) is 4.79 Å². The molecule has 2 aliphatic heterocycles. The predicted octanol–water partition coefficient (Wildman–Crippen LogP) is 4.10. The molecule has 142 valence electrons. The molecule has 0 unspecified atom stereocenters. The zero-order chi connectivity index (χ0) is 19.2. The van der Waals surface area contributed by atoms with Gasteiger partial charge in [0.05, 0.1) is 23.6 Å². The molecule has 5 nitrogen and oxygen atoms in total. The Balaban J connectivity index is 1.62. The van der Waals surface area contributed by atoms with Gasteiger partial charge in [0.1, 0.15) is 11.9 Å². The van der Waals surface area contributed by atoms with E-state index in [1.54, 1.807) is 29.4 Å². The molecule has 1 atom stereocenters. The van der Waals surface area contributed by atoms with E-state index in [2.05, 4.69) is 16.8 Å². The molecule has 2 aliphatic rings. The lowest BCUT2D eigenvalue weighted by Crippen LogP contribution is -2.39. The van der Waals surface area contributed by atoms with Crippen LogP contribution in [0, 0.1) is 0 Å². The van der Waals surface area contributed by atoms with Gasteiger partial charge < -0.3 is 4.74 Å². The summed E-state index contributed by atoms with van der Waals surface area (Å²) in [5.41, 5.74) is 1.84. The van der Waals surface area contributed by atoms with Gasteiger partial charge >= 0.3 is 0 Å². The highest BCUT2D eigenvalue weighted by Crippen LogP contribution is 2.43. The number of ether oxygens (including phenoxy) is 1. The van der Waals surface area contributed by atoms with Gasteiger partial charge in [-0.3, -0.25) is 19.6 Å². The third kappa shape index (κ3) is 3.19. The number of nitrogens with zero attached hydrogens (tertiary/aromatic N) is 3. The number of halogens is 1. The largest absolute Gasteiger partial charge is 0.487 e. The number of anilines is 1. The topological polar surface area (TPSA) is 45.7 Å². The summed E-state index contributed by atoms with van der Waals surface area (Å²) in [6, 6.07) is 7.35. The van der Waals surface area contributed by atoms with Crippen molar-refractivity contribution in [3.63, 3.8) is 0 Å². The Morgan fingerprint density at radius 1 is 1.30 bits per heavy atom. The molecule has 0 bridgehead atoms. The maximum Gasteiger partial charge on any atom is 0.259 e. The molecular weight excluding hydrogens is 362 g/mol. The van der Waals surface area contributed by atoms with Gasteiger partial charge in [-0.2, -0.15) is 0 Å². The van der Waals surface area contributed by atoms with Crippen LogP contribution in [0.2, 0.25) is 5.02 Å². The number of rotatable bonds is 4. The van der Waals surface area contributed by atoms with E-state index in [1.165, 1.54) is 0 Å². The first kappa shape index (κ1) is 18.3. The van der Waals surface area contributed by atoms with Crippen molar-refractivity contribution in [1.82, 2.24) is 9.88 Å². The van der Waals surface area contributed by atoms with E-state index < -0.39 is 5.54 Å². The highest BCUT2D eigenvalue weighted by atomic mass is 35.5. The summed E-state index contributed by atoms with van der Waals surface area (Å²) in [6.45, 7) is 9.24. The lowest BCUT2D eigenvalue weighted by atomic mass is 9.93. The zero-order valence-corrected chi connectivity index (χ0v) is 16.7. The average molecular weight is 386 g/mol. The van der Waals surface area contributed by atoms with Crippen LogP contribution in [0.5, 0.6) is 5.75 Å². The predicted molar refractivity (Wildman–Crippen MR) is 107 cm³/mol. The minimum Gasteiger partial charge on any atom is -0.487 e. The van der Waals surface area contributed by atoms with E-state index in [1.807, 2.05) is 26.0 Å². The first-order valence-electron chi connectivity index (χ1n) is 9.39. The fourth-order valence-corrected chi connectivity index (χ4v) is 4.28. The number of carbonyl (C=O) groups is 1. The van der Waals surface area contributed by atoms with Gasteiger partial charge in [0.2, 0.25) is 0 Å². The number of pyridine rings is 1. The van der Waals surface area contributed by atoms with Crippen LogP contribution in [0.1, 0.15) is 43.1 Å². The van der Waals surface area contributed by atoms with Gasteiger partial charge in [-0.15, -0.1) is 0 Å². The van der Waals surface area contributed by atoms with Crippen molar-refractivity contribution >= 4 is 23.2 Å². The Morgan fingerprint density at radius 3 is 2.85 bits per heavy atom. The zero-order valence-electron chi connectivity index (χ0n) is 15.9. The van der Waals surface area contributed by atoms with Crippen molar-refractivity contribution in [2.45, 2.75) is 38.8 Å². The van der Waals surface area contributed by atoms with Crippen LogP contribution >= 0.6 is 11.6 Å². The summed E-state index contributed by atoms with van der Waals surface area (Å²) in [4.78, 5) is 21.6. The fourth-order valence-electron chi connectivity index (χ4n) is 4.11. The number of fused-ring (bicyclic) bond motifs is 1. The average Bonchev–Trinajstić information content (AvgIpc) is 3.16. The van der Waals surface area contributed by atoms with Crippen LogP contribution in [0.4, 0.5) is 5.69 Å². The molecule has 1 aromatic carbocycles. The van der Waals surface area contributed by atoms with Crippen LogP contribution in [0.25, 0.3) is 0 Å². The Kier molecular flexibility index (Phi) is 4.60. The van der Waals surface area contributed by atoms with Crippen LogP contribution in [0.15, 0.2) is 36.7 Å². The fraction of sp³-hybridized carbons (Fsp3) is 0.429. The van der Waals surface area contributed by atoms with E-state index >= 15 is 0 Å². The van der Waals surface area contributed by atoms with Gasteiger partial charge in [-0.05, 0) is 50.6 Å². The normalized spacial score (nSPS) is 21.6. The van der Waals surface area contributed by atoms with Gasteiger partial charge in [0.25, 0.3) is 5.91 Å². The molecule has 2 aromatic rings. The maximum absolute atomic E-state index is 13.1. The van der Waals surface area contributed by atoms with Crippen molar-refractivity contribution in [3.8, 4) is 5.75 Å². The van der Waals surface area contributed by atoms with E-state index in [4.69, 9.17) is 16.3 Å². The van der Waals surface area contributed by atoms with Crippen LogP contribution in [-0.4, -0.2) is 41.5 Å². The lowest BCUT2D eigenvalue weighted by molar-refractivity contribution is 0.0982. The molecule has 0 saturated carbocycles. The second-order valence-electron chi connectivity index (χ2n) is 7.69. The third-order valence-electron chi connectivity index (χ3n) is 5.57. The summed E-state index contributed by atoms with van der Waals surface area (Å²) in [5, 5.41) is 0.633. The minimum atomic E-state index is -0.510. The number of hydrogen-bond donors (Lipinski definition) is 0. The van der Waals surface area contributed by atoms with Gasteiger partial charge in [-0.1, -0.05) is 18.5 Å². The van der Waals surface area contributed by atoms with Gasteiger partial charge in [-0.25, -0.2) is 0 Å². The molecule has 0 radical (unpaired) electrons. The monoisotopic (exact) mass is 385 g/mol. The molecule has 4 rings (SSSR count). The van der Waals surface area contributed by atoms with Crippen molar-refractivity contribution in [2.24, 2.45) is 0 Å². The Morgan fingerprint density at radius 2 is 2.11 bits per heavy atom. The van der Waals surface area contributed by atoms with Crippen molar-refractivity contribution in [2.75, 3.05) is 24.5 Å². The first-order chi connectivity index (χ1) is 12.9. The van der Waals surface area contributed by atoms with Gasteiger partial charge in [0.15, 0.2) is 0 Å². The molecule has 27 heavy (non-hydrogen) atoms. The van der Waals surface area contributed by atoms with Crippen molar-refractivity contribution in [1.29, 1.82) is 0 Å². The molecule has 0 N–H and O–H groups in total. The van der Waals surface area contributed by atoms with Crippen LogP contribution in [-0.2, 0) is 5.54 Å². The number of amides is 1. The SMILES string of the molecule is CCN1CC[C@H](Oc2cncc(N3C(=O)c4ccc(Cl)cc4C3(C)C)c2)C1. The Hall–Kier alpha value is -2.11. The molecular formula is C21H24ClN3O2. The summed E-state index contributed by atoms with van der Waals surface area (Å²) in [6.07, 6.45) is 4.61. The smallest absolute Gasteiger partial charge is 0.259 e. The maximum atomic E-state index is 13.1. The lowest BCUT2D eigenvalue weighted by Gasteiger charge is -2.32. The molecule has 1 amide bonds. The number of benzene rings is 1.